The average molecular weight is 410 g/mol. The molecule has 0 aliphatic rings. The highest BCUT2D eigenvalue weighted by atomic mass is 19.4. The lowest BCUT2D eigenvalue weighted by Crippen LogP contribution is -2.33. The van der Waals surface area contributed by atoms with Gasteiger partial charge in [-0.1, -0.05) is 24.3 Å². The predicted molar refractivity (Wildman–Crippen MR) is 102 cm³/mol. The van der Waals surface area contributed by atoms with Gasteiger partial charge in [-0.3, -0.25) is 4.90 Å². The van der Waals surface area contributed by atoms with E-state index >= 15 is 0 Å². The molecular weight excluding hydrogens is 389 g/mol. The maximum absolute atomic E-state index is 13.1. The highest BCUT2D eigenvalue weighted by Crippen LogP contribution is 2.35. The fourth-order valence-corrected chi connectivity index (χ4v) is 2.77. The number of benzene rings is 2. The molecule has 6 nitrogen and oxygen atoms in total. The molecule has 2 rings (SSSR count). The summed E-state index contributed by atoms with van der Waals surface area (Å²) in [5.41, 5.74) is 0.564. The Bertz CT molecular complexity index is 897. The van der Waals surface area contributed by atoms with Gasteiger partial charge in [-0.2, -0.15) is 19.1 Å². The van der Waals surface area contributed by atoms with Crippen LogP contribution in [0.15, 0.2) is 48.5 Å². The number of para-hydroxylation sites is 1. The smallest absolute Gasteiger partial charge is 0.416 e. The molecule has 0 aliphatic carbocycles. The molecule has 29 heavy (non-hydrogen) atoms. The lowest BCUT2D eigenvalue weighted by Gasteiger charge is -2.24. The van der Waals surface area contributed by atoms with E-state index in [-0.39, 0.29) is 18.1 Å². The Balaban J connectivity index is 2.64. The quantitative estimate of drug-likeness (QED) is 0.325. The molecule has 0 spiro atoms. The van der Waals surface area contributed by atoms with Crippen molar-refractivity contribution in [2.45, 2.75) is 13.1 Å². The van der Waals surface area contributed by atoms with Gasteiger partial charge in [0.2, 0.25) is 0 Å². The number of alkyl halides is 3. The number of ether oxygens (including phenoxy) is 2. The molecule has 0 saturated heterocycles. The first-order valence-electron chi connectivity index (χ1n) is 8.43. The predicted octanol–water partition coefficient (Wildman–Crippen LogP) is 4.66. The number of nitrogens with two attached hydrogens (primary N) is 1. The minimum atomic E-state index is -4.49. The summed E-state index contributed by atoms with van der Waals surface area (Å²) in [6.45, 7) is 1.46. The Labute approximate surface area is 166 Å². The van der Waals surface area contributed by atoms with Gasteiger partial charge in [0.1, 0.15) is 6.73 Å². The highest BCUT2D eigenvalue weighted by molar-refractivity contribution is 5.96. The van der Waals surface area contributed by atoms with Crippen LogP contribution in [-0.2, 0) is 20.5 Å². The molecule has 0 aliphatic heterocycles. The van der Waals surface area contributed by atoms with Gasteiger partial charge in [-0.05, 0) is 36.8 Å². The second kappa shape index (κ2) is 9.44. The lowest BCUT2D eigenvalue weighted by molar-refractivity contribution is -0.137. The Morgan fingerprint density at radius 1 is 1.10 bits per heavy atom. The molecule has 0 fully saturated rings. The summed E-state index contributed by atoms with van der Waals surface area (Å²) in [5.74, 6) is 5.57. The molecule has 0 atom stereocenters. The number of amides is 1. The summed E-state index contributed by atoms with van der Waals surface area (Å²) in [4.78, 5) is 18.4. The van der Waals surface area contributed by atoms with Crippen LogP contribution in [0.3, 0.4) is 0 Å². The van der Waals surface area contributed by atoms with Crippen LogP contribution in [-0.4, -0.2) is 27.0 Å². The van der Waals surface area contributed by atoms with Crippen LogP contribution in [0.5, 0.6) is 0 Å². The van der Waals surface area contributed by atoms with Crippen LogP contribution >= 0.6 is 0 Å². The minimum absolute atomic E-state index is 0.102. The van der Waals surface area contributed by atoms with E-state index in [0.717, 1.165) is 12.1 Å². The molecule has 2 aromatic rings. The second-order valence-electron chi connectivity index (χ2n) is 5.98. The van der Waals surface area contributed by atoms with Crippen molar-refractivity contribution >= 4 is 23.1 Å². The van der Waals surface area contributed by atoms with E-state index in [4.69, 9.17) is 20.2 Å². The average Bonchev–Trinajstić information content (AvgIpc) is 2.72. The van der Waals surface area contributed by atoms with Crippen LogP contribution in [0.1, 0.15) is 23.6 Å². The van der Waals surface area contributed by atoms with Crippen molar-refractivity contribution in [2.24, 2.45) is 5.90 Å². The van der Waals surface area contributed by atoms with Crippen molar-refractivity contribution in [3.8, 4) is 0 Å². The molecule has 156 valence electrons. The Morgan fingerprint density at radius 2 is 1.79 bits per heavy atom. The summed E-state index contributed by atoms with van der Waals surface area (Å²) >= 11 is 0. The number of carbonyl (C=O) groups is 1. The molecule has 0 bridgehead atoms. The van der Waals surface area contributed by atoms with Crippen molar-refractivity contribution in [2.75, 3.05) is 25.9 Å². The third-order valence-electron chi connectivity index (χ3n) is 4.17. The minimum Gasteiger partial charge on any atom is -0.452 e. The molecule has 0 unspecified atom stereocenters. The molecule has 0 aromatic heterocycles. The molecule has 0 radical (unpaired) electrons. The molecule has 2 aromatic carbocycles. The molecule has 9 heteroatoms. The Morgan fingerprint density at radius 3 is 2.38 bits per heavy atom. The van der Waals surface area contributed by atoms with Crippen LogP contribution in [0.25, 0.3) is 11.3 Å². The number of allylic oxidation sites excluding steroid dienone is 1. The third kappa shape index (κ3) is 5.07. The third-order valence-corrected chi connectivity index (χ3v) is 4.17. The maximum Gasteiger partial charge on any atom is 0.416 e. The van der Waals surface area contributed by atoms with Gasteiger partial charge in [0.25, 0.3) is 0 Å². The zero-order valence-electron chi connectivity index (χ0n) is 16.1. The lowest BCUT2D eigenvalue weighted by atomic mass is 9.99. The summed E-state index contributed by atoms with van der Waals surface area (Å²) in [6, 6.07) is 11.4. The fourth-order valence-electron chi connectivity index (χ4n) is 2.77. The van der Waals surface area contributed by atoms with Crippen molar-refractivity contribution in [3.05, 3.63) is 65.2 Å². The Hall–Kier alpha value is -3.04. The van der Waals surface area contributed by atoms with E-state index < -0.39 is 17.8 Å². The summed E-state index contributed by atoms with van der Waals surface area (Å²) < 4.78 is 49.1. The molecule has 0 saturated carbocycles. The second-order valence-corrected chi connectivity index (χ2v) is 5.98. The number of halogens is 3. The van der Waals surface area contributed by atoms with Crippen LogP contribution in [0.2, 0.25) is 0 Å². The van der Waals surface area contributed by atoms with Gasteiger partial charge in [0.05, 0.1) is 18.4 Å². The molecule has 2 N–H and O–H groups in total. The number of hydrogen-bond acceptors (Lipinski definition) is 5. The van der Waals surface area contributed by atoms with Crippen LogP contribution in [0, 0.1) is 0 Å². The Kier molecular flexibility index (Phi) is 7.24. The molecule has 1 amide bonds. The SMILES string of the molecule is COCN(C(=O)OC)c1ccccc1/C(ON)=C(/C)c1cccc(C(F)(F)F)c1. The van der Waals surface area contributed by atoms with Crippen LogP contribution < -0.4 is 10.8 Å². The van der Waals surface area contributed by atoms with Gasteiger partial charge in [0, 0.05) is 18.2 Å². The number of methoxy groups -OCH3 is 2. The van der Waals surface area contributed by atoms with Crippen molar-refractivity contribution in [3.63, 3.8) is 0 Å². The summed E-state index contributed by atoms with van der Waals surface area (Å²) in [7, 11) is 2.63. The number of rotatable bonds is 6. The molecular formula is C20H21F3N2O4. The molecule has 0 heterocycles. The topological polar surface area (TPSA) is 74.0 Å². The van der Waals surface area contributed by atoms with E-state index in [1.165, 1.54) is 31.3 Å². The number of anilines is 1. The fraction of sp³-hybridized carbons (Fsp3) is 0.250. The first kappa shape index (κ1) is 22.3. The van der Waals surface area contributed by atoms with Crippen molar-refractivity contribution < 1.29 is 32.3 Å². The van der Waals surface area contributed by atoms with E-state index in [9.17, 15) is 18.0 Å². The van der Waals surface area contributed by atoms with Gasteiger partial charge < -0.3 is 14.3 Å². The largest absolute Gasteiger partial charge is 0.452 e. The van der Waals surface area contributed by atoms with Crippen LogP contribution in [0.4, 0.5) is 23.7 Å². The monoisotopic (exact) mass is 410 g/mol. The van der Waals surface area contributed by atoms with Gasteiger partial charge in [-0.25, -0.2) is 4.79 Å². The zero-order chi connectivity index (χ0) is 21.6. The first-order chi connectivity index (χ1) is 13.7. The maximum atomic E-state index is 13.1. The van der Waals surface area contributed by atoms with E-state index in [1.54, 1.807) is 31.2 Å². The van der Waals surface area contributed by atoms with Crippen molar-refractivity contribution in [1.29, 1.82) is 0 Å². The summed E-state index contributed by atoms with van der Waals surface area (Å²) in [5, 5.41) is 0. The van der Waals surface area contributed by atoms with Gasteiger partial charge in [0.15, 0.2) is 5.76 Å². The van der Waals surface area contributed by atoms with Gasteiger partial charge in [-0.15, -0.1) is 0 Å². The zero-order valence-corrected chi connectivity index (χ0v) is 16.1. The van der Waals surface area contributed by atoms with E-state index in [0.29, 0.717) is 16.8 Å². The van der Waals surface area contributed by atoms with E-state index in [2.05, 4.69) is 0 Å². The highest BCUT2D eigenvalue weighted by Gasteiger charge is 2.31. The number of nitrogens with zero attached hydrogens (tertiary/aromatic N) is 1. The number of carbonyl (C=O) groups excluding carboxylic acids is 1. The standard InChI is InChI=1S/C20H21F3N2O4/c1-13(14-7-6-8-15(11-14)20(21,22)23)18(29-24)16-9-4-5-10-17(16)25(12-27-2)19(26)28-3/h4-11H,12,24H2,1-3H3/b18-13+. The summed E-state index contributed by atoms with van der Waals surface area (Å²) in [6.07, 6.45) is -5.18. The number of hydrogen-bond donors (Lipinski definition) is 1. The van der Waals surface area contributed by atoms with E-state index in [1.807, 2.05) is 0 Å². The first-order valence-corrected chi connectivity index (χ1v) is 8.43. The van der Waals surface area contributed by atoms with Gasteiger partial charge >= 0.3 is 12.3 Å². The van der Waals surface area contributed by atoms with Crippen molar-refractivity contribution in [1.82, 2.24) is 0 Å². The normalized spacial score (nSPS) is 12.2.